The van der Waals surface area contributed by atoms with Gasteiger partial charge in [-0.05, 0) is 56.0 Å². The molecule has 1 unspecified atom stereocenters. The van der Waals surface area contributed by atoms with Crippen molar-refractivity contribution in [2.24, 2.45) is 0 Å². The zero-order chi connectivity index (χ0) is 15.3. The van der Waals surface area contributed by atoms with Crippen LogP contribution in [0, 0.1) is 0 Å². The van der Waals surface area contributed by atoms with Crippen molar-refractivity contribution in [2.45, 2.75) is 39.0 Å². The molecule has 1 aliphatic carbocycles. The highest BCUT2D eigenvalue weighted by atomic mass is 32.1. The Morgan fingerprint density at radius 1 is 1.18 bits per heavy atom. The van der Waals surface area contributed by atoms with Crippen LogP contribution in [0.3, 0.4) is 0 Å². The summed E-state index contributed by atoms with van der Waals surface area (Å²) >= 11 is 1.92. The lowest BCUT2D eigenvalue weighted by Gasteiger charge is -2.30. The average Bonchev–Trinajstić information content (AvgIpc) is 3.10. The Hall–Kier alpha value is -1.80. The highest BCUT2D eigenvalue weighted by Gasteiger charge is 2.44. The predicted octanol–water partition coefficient (Wildman–Crippen LogP) is 5.72. The van der Waals surface area contributed by atoms with Gasteiger partial charge in [0.25, 0.3) is 0 Å². The number of benzene rings is 1. The van der Waals surface area contributed by atoms with Crippen LogP contribution in [0.15, 0.2) is 53.8 Å². The fourth-order valence-corrected chi connectivity index (χ4v) is 4.67. The molecular weight excluding hydrogens is 288 g/mol. The molecule has 2 heterocycles. The fraction of sp³-hybridized carbons (Fsp3) is 0.300. The number of fused-ring (bicyclic) bond motifs is 3. The minimum Gasteiger partial charge on any atom is -0.460 e. The molecule has 112 valence electrons. The van der Waals surface area contributed by atoms with Crippen molar-refractivity contribution in [2.75, 3.05) is 0 Å². The highest BCUT2D eigenvalue weighted by molar-refractivity contribution is 7.13. The van der Waals surface area contributed by atoms with Crippen molar-refractivity contribution in [3.63, 3.8) is 0 Å². The van der Waals surface area contributed by atoms with E-state index >= 15 is 0 Å². The molecule has 1 aromatic carbocycles. The molecule has 1 atom stereocenters. The SMILES string of the molecule is CCc1ccc(C2=CC(C)=C3Oc4ccccc4C3(C)C2)s1. The first-order chi connectivity index (χ1) is 10.6. The molecule has 0 fully saturated rings. The Morgan fingerprint density at radius 2 is 2.00 bits per heavy atom. The van der Waals surface area contributed by atoms with Gasteiger partial charge >= 0.3 is 0 Å². The monoisotopic (exact) mass is 308 g/mol. The normalized spacial score (nSPS) is 23.0. The molecule has 2 aliphatic rings. The van der Waals surface area contributed by atoms with Crippen LogP contribution < -0.4 is 4.74 Å². The van der Waals surface area contributed by atoms with E-state index in [1.165, 1.54) is 26.5 Å². The molecule has 0 N–H and O–H groups in total. The lowest BCUT2D eigenvalue weighted by Crippen LogP contribution is -2.25. The Bertz CT molecular complexity index is 809. The molecule has 0 spiro atoms. The van der Waals surface area contributed by atoms with Crippen molar-refractivity contribution in [1.29, 1.82) is 0 Å². The smallest absolute Gasteiger partial charge is 0.131 e. The number of hydrogen-bond acceptors (Lipinski definition) is 2. The van der Waals surface area contributed by atoms with Crippen molar-refractivity contribution >= 4 is 16.9 Å². The minimum absolute atomic E-state index is 0.0267. The second kappa shape index (κ2) is 4.85. The van der Waals surface area contributed by atoms with Crippen LogP contribution in [0.5, 0.6) is 5.75 Å². The summed E-state index contributed by atoms with van der Waals surface area (Å²) in [6.45, 7) is 6.71. The van der Waals surface area contributed by atoms with Gasteiger partial charge in [-0.3, -0.25) is 0 Å². The molecule has 22 heavy (non-hydrogen) atoms. The number of hydrogen-bond donors (Lipinski definition) is 0. The molecule has 1 aliphatic heterocycles. The standard InChI is InChI=1S/C20H20OS/c1-4-15-9-10-18(22-15)14-11-13(2)19-20(3,12-14)16-7-5-6-8-17(16)21-19/h5-11H,4,12H2,1-3H3. The summed E-state index contributed by atoms with van der Waals surface area (Å²) < 4.78 is 6.18. The van der Waals surface area contributed by atoms with Gasteiger partial charge in [-0.25, -0.2) is 0 Å². The zero-order valence-electron chi connectivity index (χ0n) is 13.3. The molecule has 1 nitrogen and oxygen atoms in total. The maximum absolute atomic E-state index is 6.18. The first kappa shape index (κ1) is 13.8. The van der Waals surface area contributed by atoms with Gasteiger partial charge in [0.05, 0.1) is 5.41 Å². The topological polar surface area (TPSA) is 9.23 Å². The summed E-state index contributed by atoms with van der Waals surface area (Å²) in [4.78, 5) is 2.86. The molecule has 1 aromatic heterocycles. The lowest BCUT2D eigenvalue weighted by molar-refractivity contribution is 0.373. The minimum atomic E-state index is -0.0267. The number of allylic oxidation sites excluding steroid dienone is 4. The quantitative estimate of drug-likeness (QED) is 0.689. The van der Waals surface area contributed by atoms with Gasteiger partial charge in [0.1, 0.15) is 11.5 Å². The van der Waals surface area contributed by atoms with Crippen LogP contribution in [0.2, 0.25) is 0 Å². The Morgan fingerprint density at radius 3 is 2.77 bits per heavy atom. The summed E-state index contributed by atoms with van der Waals surface area (Å²) in [5.74, 6) is 2.15. The van der Waals surface area contributed by atoms with Crippen LogP contribution in [0.1, 0.15) is 42.5 Å². The molecule has 2 heteroatoms. The molecule has 2 aromatic rings. The molecule has 0 radical (unpaired) electrons. The van der Waals surface area contributed by atoms with E-state index in [0.29, 0.717) is 0 Å². The van der Waals surface area contributed by atoms with Gasteiger partial charge in [-0.2, -0.15) is 0 Å². The Balaban J connectivity index is 1.81. The third kappa shape index (κ3) is 1.90. The van der Waals surface area contributed by atoms with Crippen LogP contribution >= 0.6 is 11.3 Å². The first-order valence-corrected chi connectivity index (χ1v) is 8.72. The predicted molar refractivity (Wildman–Crippen MR) is 93.4 cm³/mol. The van der Waals surface area contributed by atoms with E-state index in [2.05, 4.69) is 63.2 Å². The summed E-state index contributed by atoms with van der Waals surface area (Å²) in [5, 5.41) is 0. The van der Waals surface area contributed by atoms with Crippen molar-refractivity contribution in [3.8, 4) is 5.75 Å². The molecule has 0 saturated carbocycles. The third-order valence-corrected chi connectivity index (χ3v) is 6.12. The van der Waals surface area contributed by atoms with E-state index in [9.17, 15) is 0 Å². The van der Waals surface area contributed by atoms with E-state index in [1.54, 1.807) is 0 Å². The first-order valence-electron chi connectivity index (χ1n) is 7.90. The van der Waals surface area contributed by atoms with Gasteiger partial charge in [-0.1, -0.05) is 31.2 Å². The van der Waals surface area contributed by atoms with E-state index < -0.39 is 0 Å². The Labute approximate surface area is 136 Å². The molecule has 0 amide bonds. The summed E-state index contributed by atoms with van der Waals surface area (Å²) in [6.07, 6.45) is 4.44. The zero-order valence-corrected chi connectivity index (χ0v) is 14.1. The fourth-order valence-electron chi connectivity index (χ4n) is 3.71. The maximum Gasteiger partial charge on any atom is 0.131 e. The van der Waals surface area contributed by atoms with E-state index in [-0.39, 0.29) is 5.41 Å². The molecule has 0 saturated heterocycles. The second-order valence-corrected chi connectivity index (χ2v) is 7.58. The molecule has 4 rings (SSSR count). The number of rotatable bonds is 2. The van der Waals surface area contributed by atoms with Gasteiger partial charge in [0.15, 0.2) is 0 Å². The molecular formula is C20H20OS. The largest absolute Gasteiger partial charge is 0.460 e. The van der Waals surface area contributed by atoms with Crippen molar-refractivity contribution in [1.82, 2.24) is 0 Å². The van der Waals surface area contributed by atoms with Gasteiger partial charge in [-0.15, -0.1) is 11.3 Å². The number of ether oxygens (including phenoxy) is 1. The van der Waals surface area contributed by atoms with Crippen LogP contribution in [-0.4, -0.2) is 0 Å². The van der Waals surface area contributed by atoms with Gasteiger partial charge < -0.3 is 4.74 Å². The highest BCUT2D eigenvalue weighted by Crippen LogP contribution is 2.53. The second-order valence-electron chi connectivity index (χ2n) is 6.41. The van der Waals surface area contributed by atoms with E-state index in [0.717, 1.165) is 24.4 Å². The van der Waals surface area contributed by atoms with E-state index in [1.807, 2.05) is 11.3 Å². The summed E-state index contributed by atoms with van der Waals surface area (Å²) in [5.41, 5.74) is 3.99. The Kier molecular flexibility index (Phi) is 3.05. The van der Waals surface area contributed by atoms with Crippen molar-refractivity contribution in [3.05, 3.63) is 69.1 Å². The van der Waals surface area contributed by atoms with Gasteiger partial charge in [0.2, 0.25) is 0 Å². The van der Waals surface area contributed by atoms with Crippen LogP contribution in [-0.2, 0) is 11.8 Å². The van der Waals surface area contributed by atoms with Crippen molar-refractivity contribution < 1.29 is 4.74 Å². The third-order valence-electron chi connectivity index (χ3n) is 4.81. The van der Waals surface area contributed by atoms with Crippen LogP contribution in [0.25, 0.3) is 5.57 Å². The lowest BCUT2D eigenvalue weighted by atomic mass is 9.72. The van der Waals surface area contributed by atoms with Gasteiger partial charge in [0, 0.05) is 15.3 Å². The number of aryl methyl sites for hydroxylation is 1. The maximum atomic E-state index is 6.18. The van der Waals surface area contributed by atoms with Crippen LogP contribution in [0.4, 0.5) is 0 Å². The number of para-hydroxylation sites is 1. The average molecular weight is 308 g/mol. The number of thiophene rings is 1. The summed E-state index contributed by atoms with van der Waals surface area (Å²) in [6, 6.07) is 13.0. The van der Waals surface area contributed by atoms with E-state index in [4.69, 9.17) is 4.74 Å². The molecule has 0 bridgehead atoms. The summed E-state index contributed by atoms with van der Waals surface area (Å²) in [7, 11) is 0.